The van der Waals surface area contributed by atoms with Gasteiger partial charge in [0, 0.05) is 23.3 Å². The minimum Gasteiger partial charge on any atom is -0.461 e. The van der Waals surface area contributed by atoms with E-state index in [-0.39, 0.29) is 43.6 Å². The second kappa shape index (κ2) is 9.85. The van der Waals surface area contributed by atoms with Gasteiger partial charge in [-0.25, -0.2) is 19.7 Å². The summed E-state index contributed by atoms with van der Waals surface area (Å²) in [5.74, 6) is -1.66. The molecule has 35 heavy (non-hydrogen) atoms. The van der Waals surface area contributed by atoms with Crippen molar-refractivity contribution in [3.05, 3.63) is 22.0 Å². The molecular formula is C21H22F3N7O2S2. The molecule has 0 aromatic carbocycles. The van der Waals surface area contributed by atoms with E-state index in [0.29, 0.717) is 20.6 Å². The molecule has 3 aromatic rings. The Hall–Kier alpha value is -3.13. The summed E-state index contributed by atoms with van der Waals surface area (Å²) in [6.07, 6.45) is -3.05. The Kier molecular flexibility index (Phi) is 7.03. The number of piperazine rings is 1. The van der Waals surface area contributed by atoms with Crippen LogP contribution < -0.4 is 4.90 Å². The van der Waals surface area contributed by atoms with Gasteiger partial charge in [-0.1, -0.05) is 13.3 Å². The van der Waals surface area contributed by atoms with Crippen LogP contribution in [0.3, 0.4) is 0 Å². The summed E-state index contributed by atoms with van der Waals surface area (Å²) < 4.78 is 44.1. The molecular weight excluding hydrogens is 503 g/mol. The van der Waals surface area contributed by atoms with Crippen molar-refractivity contribution in [3.63, 3.8) is 0 Å². The number of nitrogens with zero attached hydrogens (tertiary/aromatic N) is 5. The van der Waals surface area contributed by atoms with E-state index in [1.54, 1.807) is 17.2 Å². The minimum absolute atomic E-state index is 0.136. The van der Waals surface area contributed by atoms with Crippen molar-refractivity contribution in [2.75, 3.05) is 31.1 Å². The van der Waals surface area contributed by atoms with E-state index in [2.05, 4.69) is 21.9 Å². The molecule has 1 fully saturated rings. The fourth-order valence-corrected chi connectivity index (χ4v) is 5.46. The number of carbonyl (C=O) groups is 1. The van der Waals surface area contributed by atoms with E-state index in [0.717, 1.165) is 23.1 Å². The van der Waals surface area contributed by atoms with Crippen LogP contribution in [0.2, 0.25) is 0 Å². The van der Waals surface area contributed by atoms with Gasteiger partial charge in [0.1, 0.15) is 16.5 Å². The maximum atomic E-state index is 13.0. The van der Waals surface area contributed by atoms with Crippen molar-refractivity contribution in [3.8, 4) is 10.8 Å². The number of hydrogen-bond acceptors (Lipinski definition) is 10. The first-order valence-electron chi connectivity index (χ1n) is 10.8. The summed E-state index contributed by atoms with van der Waals surface area (Å²) in [6, 6.07) is 1.97. The quantitative estimate of drug-likeness (QED) is 0.275. The molecule has 3 aromatic heterocycles. The molecule has 9 nitrogen and oxygen atoms in total. The molecule has 4 heterocycles. The van der Waals surface area contributed by atoms with Crippen LogP contribution in [0.15, 0.2) is 11.4 Å². The lowest BCUT2D eigenvalue weighted by Gasteiger charge is -2.37. The van der Waals surface area contributed by atoms with Gasteiger partial charge in [0.15, 0.2) is 16.5 Å². The number of aryl methyl sites for hydroxylation is 1. The zero-order chi connectivity index (χ0) is 25.3. The van der Waals surface area contributed by atoms with Gasteiger partial charge in [0.25, 0.3) is 0 Å². The maximum Gasteiger partial charge on any atom is 0.449 e. The van der Waals surface area contributed by atoms with Gasteiger partial charge in [-0.15, -0.1) is 22.7 Å². The van der Waals surface area contributed by atoms with Crippen LogP contribution in [0.1, 0.15) is 35.6 Å². The van der Waals surface area contributed by atoms with Gasteiger partial charge in [-0.3, -0.25) is 10.8 Å². The van der Waals surface area contributed by atoms with E-state index in [4.69, 9.17) is 15.6 Å². The second-order valence-electron chi connectivity index (χ2n) is 7.68. The summed E-state index contributed by atoms with van der Waals surface area (Å²) in [5, 5.41) is 18.3. The van der Waals surface area contributed by atoms with Crippen molar-refractivity contribution < 1.29 is 22.7 Å². The molecule has 0 radical (unpaired) electrons. The fourth-order valence-electron chi connectivity index (χ4n) is 3.62. The molecule has 4 rings (SSSR count). The molecule has 0 spiro atoms. The highest BCUT2D eigenvalue weighted by Crippen LogP contribution is 2.35. The maximum absolute atomic E-state index is 13.0. The Balaban J connectivity index is 1.71. The number of thiazole rings is 1. The number of carbonyl (C=O) groups excluding carboxylic acids is 1. The minimum atomic E-state index is -4.83. The van der Waals surface area contributed by atoms with Crippen LogP contribution in [-0.4, -0.2) is 69.9 Å². The molecule has 1 aliphatic heterocycles. The van der Waals surface area contributed by atoms with E-state index in [1.807, 2.05) is 6.07 Å². The number of amidine groups is 2. The number of ether oxygens (including phenoxy) is 1. The highest BCUT2D eigenvalue weighted by molar-refractivity contribution is 7.18. The third-order valence-electron chi connectivity index (χ3n) is 5.20. The summed E-state index contributed by atoms with van der Waals surface area (Å²) in [6.45, 7) is 3.80. The van der Waals surface area contributed by atoms with Crippen molar-refractivity contribution in [2.24, 2.45) is 0 Å². The first-order valence-corrected chi connectivity index (χ1v) is 12.5. The summed E-state index contributed by atoms with van der Waals surface area (Å²) in [5.41, 5.74) is 0.149. The first-order chi connectivity index (χ1) is 16.6. The number of halogens is 3. The molecule has 2 N–H and O–H groups in total. The molecule has 0 amide bonds. The third-order valence-corrected chi connectivity index (χ3v) is 7.12. The largest absolute Gasteiger partial charge is 0.461 e. The van der Waals surface area contributed by atoms with E-state index in [9.17, 15) is 18.0 Å². The summed E-state index contributed by atoms with van der Waals surface area (Å²) >= 11 is 2.69. The van der Waals surface area contributed by atoms with Crippen LogP contribution >= 0.6 is 22.7 Å². The zero-order valence-corrected chi connectivity index (χ0v) is 20.5. The lowest BCUT2D eigenvalue weighted by atomic mass is 10.2. The van der Waals surface area contributed by atoms with Crippen molar-refractivity contribution in [1.82, 2.24) is 19.9 Å². The Labute approximate surface area is 206 Å². The Morgan fingerprint density at radius 3 is 2.66 bits per heavy atom. The molecule has 1 saturated heterocycles. The standard InChI is InChI=1S/C21H22F3N7O2S2/c1-3-5-11-8-12-16(30-6-7-31(14(25)9-30)20(26)21(22,23)24)28-15(29-17(12)35-11)18-27-13(10-34-18)19(32)33-4-2/h8,10,25-26H,3-7,9H2,1-2H3. The predicted octanol–water partition coefficient (Wildman–Crippen LogP) is 4.58. The number of aromatic nitrogens is 3. The summed E-state index contributed by atoms with van der Waals surface area (Å²) in [4.78, 5) is 29.8. The number of fused-ring (bicyclic) bond motifs is 1. The molecule has 0 bridgehead atoms. The van der Waals surface area contributed by atoms with Crippen molar-refractivity contribution >= 4 is 56.3 Å². The first kappa shape index (κ1) is 25.0. The van der Waals surface area contributed by atoms with Gasteiger partial charge >= 0.3 is 12.1 Å². The number of thiophene rings is 1. The van der Waals surface area contributed by atoms with Crippen LogP contribution in [0, 0.1) is 10.8 Å². The molecule has 0 saturated carbocycles. The number of rotatable bonds is 6. The molecule has 1 aliphatic rings. The lowest BCUT2D eigenvalue weighted by Crippen LogP contribution is -2.55. The third kappa shape index (κ3) is 5.12. The number of nitrogens with one attached hydrogen (secondary N) is 2. The van der Waals surface area contributed by atoms with E-state index < -0.39 is 18.0 Å². The molecule has 0 aliphatic carbocycles. The van der Waals surface area contributed by atoms with E-state index in [1.165, 1.54) is 22.7 Å². The second-order valence-corrected chi connectivity index (χ2v) is 9.65. The van der Waals surface area contributed by atoms with Gasteiger partial charge in [0.2, 0.25) is 5.84 Å². The van der Waals surface area contributed by atoms with Crippen LogP contribution in [0.25, 0.3) is 21.0 Å². The van der Waals surface area contributed by atoms with Gasteiger partial charge in [-0.2, -0.15) is 13.2 Å². The average Bonchev–Trinajstić information content (AvgIpc) is 3.45. The fraction of sp³-hybridized carbons (Fsp3) is 0.429. The van der Waals surface area contributed by atoms with Crippen LogP contribution in [-0.2, 0) is 11.2 Å². The highest BCUT2D eigenvalue weighted by Gasteiger charge is 2.41. The summed E-state index contributed by atoms with van der Waals surface area (Å²) in [7, 11) is 0. The highest BCUT2D eigenvalue weighted by atomic mass is 32.1. The topological polar surface area (TPSA) is 119 Å². The number of alkyl halides is 3. The normalized spacial score (nSPS) is 14.6. The van der Waals surface area contributed by atoms with Crippen molar-refractivity contribution in [2.45, 2.75) is 32.9 Å². The molecule has 14 heteroatoms. The Bertz CT molecular complexity index is 1290. The molecule has 0 atom stereocenters. The smallest absolute Gasteiger partial charge is 0.449 e. The van der Waals surface area contributed by atoms with Crippen molar-refractivity contribution in [1.29, 1.82) is 10.8 Å². The number of esters is 1. The zero-order valence-electron chi connectivity index (χ0n) is 18.9. The monoisotopic (exact) mass is 525 g/mol. The Morgan fingerprint density at radius 1 is 1.23 bits per heavy atom. The van der Waals surface area contributed by atoms with Gasteiger partial charge in [0.05, 0.1) is 18.5 Å². The molecule has 0 unspecified atom stereocenters. The van der Waals surface area contributed by atoms with Crippen LogP contribution in [0.5, 0.6) is 0 Å². The number of hydrogen-bond donors (Lipinski definition) is 2. The Morgan fingerprint density at radius 2 is 2.00 bits per heavy atom. The average molecular weight is 526 g/mol. The molecule has 186 valence electrons. The SMILES string of the molecule is CCCc1cc2c(N3CCN(C(=N)C(F)(F)F)C(=N)C3)nc(-c3nc(C(=O)OCC)cs3)nc2s1. The van der Waals surface area contributed by atoms with Gasteiger partial charge < -0.3 is 14.5 Å². The van der Waals surface area contributed by atoms with E-state index >= 15 is 0 Å². The van der Waals surface area contributed by atoms with Crippen LogP contribution in [0.4, 0.5) is 19.0 Å². The number of anilines is 1. The van der Waals surface area contributed by atoms with Gasteiger partial charge in [-0.05, 0) is 19.4 Å². The lowest BCUT2D eigenvalue weighted by molar-refractivity contribution is -0.0671. The predicted molar refractivity (Wildman–Crippen MR) is 129 cm³/mol.